The summed E-state index contributed by atoms with van der Waals surface area (Å²) in [6.45, 7) is 5.25. The zero-order chi connectivity index (χ0) is 17.0. The SMILES string of the molecule is Cc1ccc(C(C)(O)CNC(=O)NC(C)c2ccccc2Cl)o1. The molecule has 0 bridgehead atoms. The molecule has 0 aliphatic carbocycles. The van der Waals surface area contributed by atoms with Crippen molar-refractivity contribution in [1.29, 1.82) is 0 Å². The number of aryl methyl sites for hydroxylation is 1. The Hall–Kier alpha value is -1.98. The van der Waals surface area contributed by atoms with Gasteiger partial charge >= 0.3 is 6.03 Å². The molecule has 1 aromatic heterocycles. The maximum absolute atomic E-state index is 12.0. The molecule has 0 aliphatic heterocycles. The fourth-order valence-electron chi connectivity index (χ4n) is 2.22. The van der Waals surface area contributed by atoms with Crippen LogP contribution in [0.3, 0.4) is 0 Å². The second kappa shape index (κ2) is 7.06. The number of nitrogens with one attached hydrogen (secondary N) is 2. The molecule has 1 aromatic carbocycles. The molecule has 2 rings (SSSR count). The second-order valence-corrected chi connectivity index (χ2v) is 6.16. The first kappa shape index (κ1) is 17.4. The molecule has 1 heterocycles. The van der Waals surface area contributed by atoms with Crippen molar-refractivity contribution in [3.63, 3.8) is 0 Å². The molecule has 0 spiro atoms. The number of hydrogen-bond acceptors (Lipinski definition) is 3. The van der Waals surface area contributed by atoms with Crippen LogP contribution in [0.25, 0.3) is 0 Å². The Balaban J connectivity index is 1.91. The van der Waals surface area contributed by atoms with E-state index in [9.17, 15) is 9.90 Å². The minimum atomic E-state index is -1.28. The number of carbonyl (C=O) groups excluding carboxylic acids is 1. The third-order valence-electron chi connectivity index (χ3n) is 3.58. The first-order valence-electron chi connectivity index (χ1n) is 7.37. The van der Waals surface area contributed by atoms with Gasteiger partial charge in [0.2, 0.25) is 0 Å². The second-order valence-electron chi connectivity index (χ2n) is 5.75. The van der Waals surface area contributed by atoms with Gasteiger partial charge in [-0.1, -0.05) is 29.8 Å². The lowest BCUT2D eigenvalue weighted by Gasteiger charge is -2.22. The van der Waals surface area contributed by atoms with Crippen LogP contribution in [0.1, 0.15) is 37.0 Å². The van der Waals surface area contributed by atoms with E-state index in [2.05, 4.69) is 10.6 Å². The molecule has 23 heavy (non-hydrogen) atoms. The van der Waals surface area contributed by atoms with Crippen molar-refractivity contribution in [3.05, 3.63) is 58.5 Å². The van der Waals surface area contributed by atoms with Crippen molar-refractivity contribution in [3.8, 4) is 0 Å². The maximum atomic E-state index is 12.0. The van der Waals surface area contributed by atoms with Crippen LogP contribution < -0.4 is 10.6 Å². The Morgan fingerprint density at radius 1 is 1.35 bits per heavy atom. The predicted octanol–water partition coefficient (Wildman–Crippen LogP) is 3.51. The fraction of sp³-hybridized carbons (Fsp3) is 0.353. The Labute approximate surface area is 140 Å². The molecule has 0 saturated carbocycles. The number of furan rings is 1. The summed E-state index contributed by atoms with van der Waals surface area (Å²) >= 11 is 6.11. The molecule has 0 aliphatic rings. The third-order valence-corrected chi connectivity index (χ3v) is 3.93. The summed E-state index contributed by atoms with van der Waals surface area (Å²) in [5.74, 6) is 1.12. The number of halogens is 1. The summed E-state index contributed by atoms with van der Waals surface area (Å²) in [4.78, 5) is 12.0. The average Bonchev–Trinajstić information content (AvgIpc) is 2.93. The molecule has 2 unspecified atom stereocenters. The number of carbonyl (C=O) groups is 1. The number of urea groups is 1. The predicted molar refractivity (Wildman–Crippen MR) is 89.4 cm³/mol. The number of amides is 2. The van der Waals surface area contributed by atoms with Crippen LogP contribution in [0, 0.1) is 6.92 Å². The lowest BCUT2D eigenvalue weighted by atomic mass is 10.0. The van der Waals surface area contributed by atoms with Crippen molar-refractivity contribution >= 4 is 17.6 Å². The quantitative estimate of drug-likeness (QED) is 0.782. The number of hydrogen-bond donors (Lipinski definition) is 3. The van der Waals surface area contributed by atoms with E-state index < -0.39 is 5.60 Å². The molecule has 0 fully saturated rings. The molecule has 3 N–H and O–H groups in total. The molecule has 124 valence electrons. The number of aliphatic hydroxyl groups is 1. The summed E-state index contributed by atoms with van der Waals surface area (Å²) in [5.41, 5.74) is -0.447. The van der Waals surface area contributed by atoms with E-state index in [0.717, 1.165) is 5.56 Å². The highest BCUT2D eigenvalue weighted by Crippen LogP contribution is 2.23. The minimum absolute atomic E-state index is 0.0288. The number of benzene rings is 1. The van der Waals surface area contributed by atoms with Gasteiger partial charge in [-0.05, 0) is 44.5 Å². The lowest BCUT2D eigenvalue weighted by Crippen LogP contribution is -2.44. The van der Waals surface area contributed by atoms with Crippen molar-refractivity contribution in [1.82, 2.24) is 10.6 Å². The van der Waals surface area contributed by atoms with Crippen LogP contribution in [0.5, 0.6) is 0 Å². The fourth-order valence-corrected chi connectivity index (χ4v) is 2.51. The van der Waals surface area contributed by atoms with E-state index in [1.807, 2.05) is 25.1 Å². The minimum Gasteiger partial charge on any atom is -0.463 e. The van der Waals surface area contributed by atoms with Crippen molar-refractivity contribution in [2.24, 2.45) is 0 Å². The monoisotopic (exact) mass is 336 g/mol. The molecule has 0 saturated heterocycles. The number of rotatable bonds is 5. The van der Waals surface area contributed by atoms with Gasteiger partial charge in [0.15, 0.2) is 0 Å². The topological polar surface area (TPSA) is 74.5 Å². The van der Waals surface area contributed by atoms with E-state index in [1.165, 1.54) is 0 Å². The normalized spacial score (nSPS) is 14.8. The third kappa shape index (κ3) is 4.50. The van der Waals surface area contributed by atoms with Gasteiger partial charge < -0.3 is 20.2 Å². The maximum Gasteiger partial charge on any atom is 0.315 e. The first-order valence-corrected chi connectivity index (χ1v) is 7.75. The summed E-state index contributed by atoms with van der Waals surface area (Å²) in [6, 6.07) is 10.2. The molecule has 5 nitrogen and oxygen atoms in total. The van der Waals surface area contributed by atoms with Gasteiger partial charge in [0.1, 0.15) is 17.1 Å². The molecule has 2 aromatic rings. The zero-order valence-corrected chi connectivity index (χ0v) is 14.1. The molecule has 2 atom stereocenters. The summed E-state index contributed by atoms with van der Waals surface area (Å²) < 4.78 is 5.41. The van der Waals surface area contributed by atoms with Crippen LogP contribution in [0.15, 0.2) is 40.8 Å². The van der Waals surface area contributed by atoms with Crippen LogP contribution in [0.4, 0.5) is 4.79 Å². The van der Waals surface area contributed by atoms with Gasteiger partial charge in [0.25, 0.3) is 0 Å². The van der Waals surface area contributed by atoms with Crippen LogP contribution in [0.2, 0.25) is 5.02 Å². The van der Waals surface area contributed by atoms with Crippen molar-refractivity contribution in [2.45, 2.75) is 32.4 Å². The Bertz CT molecular complexity index is 682. The lowest BCUT2D eigenvalue weighted by molar-refractivity contribution is 0.0359. The van der Waals surface area contributed by atoms with Gasteiger partial charge in [-0.3, -0.25) is 0 Å². The van der Waals surface area contributed by atoms with Crippen LogP contribution >= 0.6 is 11.6 Å². The van der Waals surface area contributed by atoms with Gasteiger partial charge in [-0.2, -0.15) is 0 Å². The largest absolute Gasteiger partial charge is 0.463 e. The zero-order valence-electron chi connectivity index (χ0n) is 13.4. The molecule has 6 heteroatoms. The summed E-state index contributed by atoms with van der Waals surface area (Å²) in [7, 11) is 0. The molecular weight excluding hydrogens is 316 g/mol. The van der Waals surface area contributed by atoms with E-state index in [4.69, 9.17) is 16.0 Å². The van der Waals surface area contributed by atoms with Crippen molar-refractivity contribution < 1.29 is 14.3 Å². The average molecular weight is 337 g/mol. The highest BCUT2D eigenvalue weighted by molar-refractivity contribution is 6.31. The van der Waals surface area contributed by atoms with Gasteiger partial charge in [-0.25, -0.2) is 4.79 Å². The standard InChI is InChI=1S/C17H21ClN2O3/c1-11-8-9-15(23-11)17(3,22)10-19-16(21)20-12(2)13-6-4-5-7-14(13)18/h4-9,12,22H,10H2,1-3H3,(H2,19,20,21). The van der Waals surface area contributed by atoms with Crippen molar-refractivity contribution in [2.75, 3.05) is 6.54 Å². The highest BCUT2D eigenvalue weighted by Gasteiger charge is 2.27. The van der Waals surface area contributed by atoms with Gasteiger partial charge in [0.05, 0.1) is 12.6 Å². The smallest absolute Gasteiger partial charge is 0.315 e. The Kier molecular flexibility index (Phi) is 5.34. The van der Waals surface area contributed by atoms with Crippen LogP contribution in [-0.4, -0.2) is 17.7 Å². The van der Waals surface area contributed by atoms with E-state index >= 15 is 0 Å². The van der Waals surface area contributed by atoms with Crippen LogP contribution in [-0.2, 0) is 5.60 Å². The van der Waals surface area contributed by atoms with E-state index in [0.29, 0.717) is 16.5 Å². The summed E-state index contributed by atoms with van der Waals surface area (Å²) in [6.07, 6.45) is 0. The molecule has 2 amide bonds. The van der Waals surface area contributed by atoms with E-state index in [1.54, 1.807) is 32.0 Å². The molecular formula is C17H21ClN2O3. The van der Waals surface area contributed by atoms with Gasteiger partial charge in [0, 0.05) is 5.02 Å². The summed E-state index contributed by atoms with van der Waals surface area (Å²) in [5, 5.41) is 16.4. The highest BCUT2D eigenvalue weighted by atomic mass is 35.5. The van der Waals surface area contributed by atoms with E-state index in [-0.39, 0.29) is 18.6 Å². The Morgan fingerprint density at radius 2 is 2.04 bits per heavy atom. The van der Waals surface area contributed by atoms with Gasteiger partial charge in [-0.15, -0.1) is 0 Å². The Morgan fingerprint density at radius 3 is 2.65 bits per heavy atom. The molecule has 0 radical (unpaired) electrons. The first-order chi connectivity index (χ1) is 10.8.